The van der Waals surface area contributed by atoms with Crippen molar-refractivity contribution in [1.29, 1.82) is 0 Å². The first kappa shape index (κ1) is 12.6. The van der Waals surface area contributed by atoms with Gasteiger partial charge in [0, 0.05) is 6.07 Å². The van der Waals surface area contributed by atoms with Gasteiger partial charge in [0.05, 0.1) is 10.9 Å². The number of piperidine rings is 1. The molecule has 2 atom stereocenters. The summed E-state index contributed by atoms with van der Waals surface area (Å²) in [4.78, 5) is 13.2. The fraction of sp³-hybridized carbons (Fsp3) is 0.429. The molecule has 4 nitrogen and oxygen atoms in total. The highest BCUT2D eigenvalue weighted by Crippen LogP contribution is 2.25. The normalized spacial score (nSPS) is 23.4. The van der Waals surface area contributed by atoms with Gasteiger partial charge in [-0.15, -0.1) is 11.3 Å². The molecule has 0 bridgehead atoms. The molecule has 1 fully saturated rings. The first-order valence-corrected chi connectivity index (χ1v) is 7.48. The van der Waals surface area contributed by atoms with Crippen LogP contribution in [0.3, 0.4) is 0 Å². The van der Waals surface area contributed by atoms with E-state index in [4.69, 9.17) is 0 Å². The van der Waals surface area contributed by atoms with Gasteiger partial charge in [-0.2, -0.15) is 5.10 Å². The van der Waals surface area contributed by atoms with Crippen LogP contribution in [0.25, 0.3) is 10.6 Å². The Morgan fingerprint density at radius 3 is 3.05 bits per heavy atom. The summed E-state index contributed by atoms with van der Waals surface area (Å²) < 4.78 is 1.68. The number of hydrogen-bond donors (Lipinski definition) is 1. The topological polar surface area (TPSA) is 46.9 Å². The lowest BCUT2D eigenvalue weighted by molar-refractivity contribution is 0.248. The fourth-order valence-corrected chi connectivity index (χ4v) is 3.27. The van der Waals surface area contributed by atoms with Gasteiger partial charge in [0.1, 0.15) is 5.69 Å². The van der Waals surface area contributed by atoms with Gasteiger partial charge < -0.3 is 5.32 Å². The van der Waals surface area contributed by atoms with Crippen LogP contribution in [0, 0.1) is 5.92 Å². The third-order valence-electron chi connectivity index (χ3n) is 3.65. The second-order valence-electron chi connectivity index (χ2n) is 5.02. The molecule has 19 heavy (non-hydrogen) atoms. The van der Waals surface area contributed by atoms with Crippen molar-refractivity contribution in [1.82, 2.24) is 15.1 Å². The van der Waals surface area contributed by atoms with E-state index in [9.17, 15) is 4.79 Å². The molecule has 2 aromatic rings. The van der Waals surface area contributed by atoms with Crippen molar-refractivity contribution in [2.24, 2.45) is 5.92 Å². The van der Waals surface area contributed by atoms with E-state index in [0.29, 0.717) is 5.92 Å². The zero-order chi connectivity index (χ0) is 13.2. The van der Waals surface area contributed by atoms with E-state index in [-0.39, 0.29) is 11.6 Å². The van der Waals surface area contributed by atoms with E-state index >= 15 is 0 Å². The van der Waals surface area contributed by atoms with E-state index in [2.05, 4.69) is 17.3 Å². The third kappa shape index (κ3) is 2.48. The highest BCUT2D eigenvalue weighted by molar-refractivity contribution is 7.13. The third-order valence-corrected chi connectivity index (χ3v) is 4.55. The molecular weight excluding hydrogens is 258 g/mol. The van der Waals surface area contributed by atoms with Crippen LogP contribution in [0.2, 0.25) is 0 Å². The number of rotatable bonds is 2. The summed E-state index contributed by atoms with van der Waals surface area (Å²) in [7, 11) is 0. The Labute approximate surface area is 116 Å². The molecule has 0 aromatic carbocycles. The molecule has 0 spiro atoms. The van der Waals surface area contributed by atoms with Gasteiger partial charge in [0.25, 0.3) is 5.56 Å². The summed E-state index contributed by atoms with van der Waals surface area (Å²) in [5.41, 5.74) is 0.888. The standard InChI is InChI=1S/C14H17N3OS/c1-10-9-15-7-6-12(10)17-14(18)5-4-11(16-17)13-3-2-8-19-13/h2-5,8,10,12,15H,6-7,9H2,1H3/t10-,12+/m0/s1. The maximum atomic E-state index is 12.1. The van der Waals surface area contributed by atoms with Gasteiger partial charge >= 0.3 is 0 Å². The molecule has 5 heteroatoms. The van der Waals surface area contributed by atoms with Crippen molar-refractivity contribution < 1.29 is 0 Å². The maximum absolute atomic E-state index is 12.1. The van der Waals surface area contributed by atoms with E-state index < -0.39 is 0 Å². The second-order valence-corrected chi connectivity index (χ2v) is 5.96. The van der Waals surface area contributed by atoms with Crippen LogP contribution in [0.15, 0.2) is 34.4 Å². The summed E-state index contributed by atoms with van der Waals surface area (Å²) >= 11 is 1.65. The monoisotopic (exact) mass is 275 g/mol. The second kappa shape index (κ2) is 5.27. The lowest BCUT2D eigenvalue weighted by atomic mass is 9.95. The minimum atomic E-state index is -0.000874. The molecule has 1 aliphatic heterocycles. The Hall–Kier alpha value is -1.46. The van der Waals surface area contributed by atoms with Crippen LogP contribution >= 0.6 is 11.3 Å². The van der Waals surface area contributed by atoms with Gasteiger partial charge in [-0.1, -0.05) is 13.0 Å². The molecule has 0 saturated carbocycles. The molecule has 3 heterocycles. The Morgan fingerprint density at radius 2 is 2.32 bits per heavy atom. The van der Waals surface area contributed by atoms with Crippen molar-refractivity contribution in [3.63, 3.8) is 0 Å². The molecule has 1 N–H and O–H groups in total. The van der Waals surface area contributed by atoms with Crippen molar-refractivity contribution in [2.45, 2.75) is 19.4 Å². The minimum Gasteiger partial charge on any atom is -0.316 e. The van der Waals surface area contributed by atoms with Crippen molar-refractivity contribution in [2.75, 3.05) is 13.1 Å². The first-order valence-electron chi connectivity index (χ1n) is 6.60. The molecule has 0 unspecified atom stereocenters. The predicted molar refractivity (Wildman–Crippen MR) is 77.5 cm³/mol. The van der Waals surface area contributed by atoms with Gasteiger partial charge in [0.15, 0.2) is 0 Å². The van der Waals surface area contributed by atoms with Crippen molar-refractivity contribution in [3.8, 4) is 10.6 Å². The predicted octanol–water partition coefficient (Wildman–Crippen LogP) is 2.14. The summed E-state index contributed by atoms with van der Waals surface area (Å²) in [6, 6.07) is 7.69. The van der Waals surface area contributed by atoms with Crippen LogP contribution in [0.1, 0.15) is 19.4 Å². The van der Waals surface area contributed by atoms with E-state index in [1.165, 1.54) is 0 Å². The van der Waals surface area contributed by atoms with Gasteiger partial charge in [-0.25, -0.2) is 4.68 Å². The lowest BCUT2D eigenvalue weighted by Crippen LogP contribution is -2.40. The van der Waals surface area contributed by atoms with Crippen LogP contribution in [-0.2, 0) is 0 Å². The molecule has 0 aliphatic carbocycles. The van der Waals surface area contributed by atoms with Crippen LogP contribution < -0.4 is 10.9 Å². The van der Waals surface area contributed by atoms with Crippen LogP contribution in [-0.4, -0.2) is 22.9 Å². The summed E-state index contributed by atoms with van der Waals surface area (Å²) in [6.45, 7) is 4.07. The zero-order valence-electron chi connectivity index (χ0n) is 10.9. The molecule has 3 rings (SSSR count). The highest BCUT2D eigenvalue weighted by Gasteiger charge is 2.24. The van der Waals surface area contributed by atoms with Crippen LogP contribution in [0.5, 0.6) is 0 Å². The van der Waals surface area contributed by atoms with E-state index in [0.717, 1.165) is 30.1 Å². The summed E-state index contributed by atoms with van der Waals surface area (Å²) in [6.07, 6.45) is 0.960. The number of nitrogens with one attached hydrogen (secondary N) is 1. The summed E-state index contributed by atoms with van der Waals surface area (Å²) in [5.74, 6) is 0.428. The van der Waals surface area contributed by atoms with Gasteiger partial charge in [-0.05, 0) is 42.9 Å². The molecule has 0 radical (unpaired) electrons. The molecule has 0 amide bonds. The maximum Gasteiger partial charge on any atom is 0.267 e. The number of aromatic nitrogens is 2. The quantitative estimate of drug-likeness (QED) is 0.913. The Morgan fingerprint density at radius 1 is 1.42 bits per heavy atom. The average Bonchev–Trinajstić information content (AvgIpc) is 2.94. The molecule has 100 valence electrons. The number of nitrogens with zero attached hydrogens (tertiary/aromatic N) is 2. The lowest BCUT2D eigenvalue weighted by Gasteiger charge is -2.30. The highest BCUT2D eigenvalue weighted by atomic mass is 32.1. The largest absolute Gasteiger partial charge is 0.316 e. The molecule has 1 aliphatic rings. The van der Waals surface area contributed by atoms with Crippen LogP contribution in [0.4, 0.5) is 0 Å². The number of thiophene rings is 1. The fourth-order valence-electron chi connectivity index (χ4n) is 2.58. The van der Waals surface area contributed by atoms with Crippen molar-refractivity contribution >= 4 is 11.3 Å². The molecule has 2 aromatic heterocycles. The van der Waals surface area contributed by atoms with E-state index in [1.54, 1.807) is 22.1 Å². The Bertz CT molecular complexity index is 605. The smallest absolute Gasteiger partial charge is 0.267 e. The molecule has 1 saturated heterocycles. The van der Waals surface area contributed by atoms with Gasteiger partial charge in [0.2, 0.25) is 0 Å². The number of hydrogen-bond acceptors (Lipinski definition) is 4. The molecular formula is C14H17N3OS. The zero-order valence-corrected chi connectivity index (χ0v) is 11.7. The first-order chi connectivity index (χ1) is 9.25. The van der Waals surface area contributed by atoms with Crippen molar-refractivity contribution in [3.05, 3.63) is 40.0 Å². The average molecular weight is 275 g/mol. The summed E-state index contributed by atoms with van der Waals surface area (Å²) in [5, 5.41) is 9.96. The minimum absolute atomic E-state index is 0.000874. The Balaban J connectivity index is 2.00. The van der Waals surface area contributed by atoms with Gasteiger partial charge in [-0.3, -0.25) is 4.79 Å². The SMILES string of the molecule is C[C@H]1CNCC[C@H]1n1nc(-c2cccs2)ccc1=O. The van der Waals surface area contributed by atoms with E-state index in [1.807, 2.05) is 23.6 Å². The Kier molecular flexibility index (Phi) is 3.48.